The van der Waals surface area contributed by atoms with Crippen molar-refractivity contribution >= 4 is 21.7 Å². The Labute approximate surface area is 182 Å². The summed E-state index contributed by atoms with van der Waals surface area (Å²) >= 11 is 0. The van der Waals surface area contributed by atoms with E-state index >= 15 is 0 Å². The van der Waals surface area contributed by atoms with E-state index in [2.05, 4.69) is 30.4 Å². The molecule has 1 aliphatic rings. The SMILES string of the molecule is CNS(=O)(=O)c1ccc(Nc2ncc(C(F)(F)F)c(-n3cc([C@@H]4CCNC4)cn3)n2)cc1. The predicted octanol–water partition coefficient (Wildman–Crippen LogP) is 2.41. The molecule has 0 amide bonds. The van der Waals surface area contributed by atoms with E-state index in [1.54, 1.807) is 12.4 Å². The lowest BCUT2D eigenvalue weighted by atomic mass is 10.0. The summed E-state index contributed by atoms with van der Waals surface area (Å²) in [5.74, 6) is -0.302. The number of hydrogen-bond acceptors (Lipinski definition) is 7. The van der Waals surface area contributed by atoms with Gasteiger partial charge in [-0.2, -0.15) is 23.3 Å². The monoisotopic (exact) mass is 467 g/mol. The van der Waals surface area contributed by atoms with E-state index in [4.69, 9.17) is 0 Å². The number of benzene rings is 1. The van der Waals surface area contributed by atoms with Gasteiger partial charge in [0, 0.05) is 30.5 Å². The first kappa shape index (κ1) is 22.2. The Bertz CT molecular complexity index is 1200. The van der Waals surface area contributed by atoms with Crippen molar-refractivity contribution in [3.05, 3.63) is 54.0 Å². The minimum atomic E-state index is -4.67. The van der Waals surface area contributed by atoms with Gasteiger partial charge in [-0.25, -0.2) is 22.8 Å². The molecule has 3 heterocycles. The maximum Gasteiger partial charge on any atom is 0.421 e. The molecule has 2 aromatic heterocycles. The molecule has 170 valence electrons. The van der Waals surface area contributed by atoms with Crippen molar-refractivity contribution in [2.75, 3.05) is 25.5 Å². The van der Waals surface area contributed by atoms with Gasteiger partial charge in [0.15, 0.2) is 5.82 Å². The highest BCUT2D eigenvalue weighted by molar-refractivity contribution is 7.89. The van der Waals surface area contributed by atoms with Gasteiger partial charge in [0.1, 0.15) is 5.56 Å². The summed E-state index contributed by atoms with van der Waals surface area (Å²) in [6, 6.07) is 5.64. The summed E-state index contributed by atoms with van der Waals surface area (Å²) in [5, 5.41) is 10.1. The van der Waals surface area contributed by atoms with Gasteiger partial charge in [-0.05, 0) is 49.8 Å². The molecule has 1 aromatic carbocycles. The zero-order chi connectivity index (χ0) is 22.9. The molecule has 0 bridgehead atoms. The molecule has 1 aliphatic heterocycles. The fraction of sp³-hybridized carbons (Fsp3) is 0.316. The van der Waals surface area contributed by atoms with Crippen LogP contribution in [0, 0.1) is 0 Å². The zero-order valence-corrected chi connectivity index (χ0v) is 17.7. The van der Waals surface area contributed by atoms with Crippen LogP contribution in [0.2, 0.25) is 0 Å². The number of alkyl halides is 3. The van der Waals surface area contributed by atoms with Crippen LogP contribution >= 0.6 is 0 Å². The van der Waals surface area contributed by atoms with Gasteiger partial charge >= 0.3 is 6.18 Å². The van der Waals surface area contributed by atoms with Crippen LogP contribution in [-0.4, -0.2) is 48.3 Å². The Morgan fingerprint density at radius 3 is 2.56 bits per heavy atom. The third kappa shape index (κ3) is 4.59. The number of hydrogen-bond donors (Lipinski definition) is 3. The van der Waals surface area contributed by atoms with Gasteiger partial charge in [0.2, 0.25) is 16.0 Å². The fourth-order valence-electron chi connectivity index (χ4n) is 3.37. The summed E-state index contributed by atoms with van der Waals surface area (Å²) < 4.78 is 67.7. The molecular formula is C19H20F3N7O2S. The Balaban J connectivity index is 1.65. The second kappa shape index (κ2) is 8.48. The van der Waals surface area contributed by atoms with Crippen LogP contribution in [-0.2, 0) is 16.2 Å². The molecule has 1 atom stereocenters. The lowest BCUT2D eigenvalue weighted by Gasteiger charge is -2.13. The average Bonchev–Trinajstić information content (AvgIpc) is 3.45. The summed E-state index contributed by atoms with van der Waals surface area (Å²) in [4.78, 5) is 7.86. The van der Waals surface area contributed by atoms with E-state index in [9.17, 15) is 21.6 Å². The van der Waals surface area contributed by atoms with Crippen molar-refractivity contribution in [1.82, 2.24) is 29.8 Å². The highest BCUT2D eigenvalue weighted by atomic mass is 32.2. The Morgan fingerprint density at radius 2 is 1.94 bits per heavy atom. The Kier molecular flexibility index (Phi) is 5.88. The number of nitrogens with zero attached hydrogens (tertiary/aromatic N) is 4. The van der Waals surface area contributed by atoms with Crippen molar-refractivity contribution in [2.45, 2.75) is 23.4 Å². The molecule has 4 rings (SSSR count). The summed E-state index contributed by atoms with van der Waals surface area (Å²) in [5.41, 5.74) is 0.222. The van der Waals surface area contributed by atoms with E-state index in [-0.39, 0.29) is 16.8 Å². The third-order valence-corrected chi connectivity index (χ3v) is 6.55. The highest BCUT2D eigenvalue weighted by Crippen LogP contribution is 2.33. The van der Waals surface area contributed by atoms with Gasteiger partial charge < -0.3 is 10.6 Å². The van der Waals surface area contributed by atoms with Crippen LogP contribution in [0.25, 0.3) is 5.82 Å². The molecule has 0 aliphatic carbocycles. The molecule has 0 radical (unpaired) electrons. The minimum Gasteiger partial charge on any atom is -0.324 e. The van der Waals surface area contributed by atoms with Crippen LogP contribution in [0.15, 0.2) is 47.8 Å². The fourth-order valence-corrected chi connectivity index (χ4v) is 4.10. The Hall–Kier alpha value is -3.03. The van der Waals surface area contributed by atoms with E-state index < -0.39 is 27.6 Å². The smallest absolute Gasteiger partial charge is 0.324 e. The number of aromatic nitrogens is 4. The van der Waals surface area contributed by atoms with Crippen LogP contribution in [0.3, 0.4) is 0 Å². The molecule has 1 fully saturated rings. The second-order valence-electron chi connectivity index (χ2n) is 7.19. The van der Waals surface area contributed by atoms with E-state index in [1.165, 1.54) is 31.3 Å². The maximum atomic E-state index is 13.6. The van der Waals surface area contributed by atoms with Gasteiger partial charge in [-0.1, -0.05) is 0 Å². The summed E-state index contributed by atoms with van der Waals surface area (Å²) in [7, 11) is -2.31. The molecule has 0 saturated carbocycles. The molecule has 32 heavy (non-hydrogen) atoms. The quantitative estimate of drug-likeness (QED) is 0.510. The topological polar surface area (TPSA) is 114 Å². The molecule has 9 nitrogen and oxygen atoms in total. The standard InChI is InChI=1S/C19H20F3N7O2S/c1-23-32(30,31)15-4-2-14(3-5-15)27-18-25-10-16(19(20,21)22)17(28-18)29-11-13(9-26-29)12-6-7-24-8-12/h2-5,9-12,23-24H,6-8H2,1H3,(H,25,27,28)/t12-/m1/s1. The largest absolute Gasteiger partial charge is 0.421 e. The van der Waals surface area contributed by atoms with Crippen molar-refractivity contribution in [3.63, 3.8) is 0 Å². The summed E-state index contributed by atoms with van der Waals surface area (Å²) in [6.45, 7) is 1.59. The van der Waals surface area contributed by atoms with Crippen LogP contribution < -0.4 is 15.4 Å². The number of anilines is 2. The van der Waals surface area contributed by atoms with Crippen LogP contribution in [0.5, 0.6) is 0 Å². The third-order valence-electron chi connectivity index (χ3n) is 5.11. The highest BCUT2D eigenvalue weighted by Gasteiger charge is 2.36. The minimum absolute atomic E-state index is 0.0463. The van der Waals surface area contributed by atoms with Crippen LogP contribution in [0.4, 0.5) is 24.8 Å². The molecule has 13 heteroatoms. The van der Waals surface area contributed by atoms with Gasteiger partial charge in [0.05, 0.1) is 11.1 Å². The number of nitrogens with one attached hydrogen (secondary N) is 3. The maximum absolute atomic E-state index is 13.6. The van der Waals surface area contributed by atoms with Crippen molar-refractivity contribution in [3.8, 4) is 5.82 Å². The predicted molar refractivity (Wildman–Crippen MR) is 110 cm³/mol. The molecule has 0 spiro atoms. The zero-order valence-electron chi connectivity index (χ0n) is 16.9. The Morgan fingerprint density at radius 1 is 1.19 bits per heavy atom. The first-order valence-electron chi connectivity index (χ1n) is 9.68. The average molecular weight is 467 g/mol. The first-order chi connectivity index (χ1) is 15.2. The molecule has 3 N–H and O–H groups in total. The number of sulfonamides is 1. The number of halogens is 3. The van der Waals surface area contributed by atoms with Crippen molar-refractivity contribution in [1.29, 1.82) is 0 Å². The van der Waals surface area contributed by atoms with E-state index in [0.717, 1.165) is 29.8 Å². The molecule has 0 unspecified atom stereocenters. The lowest BCUT2D eigenvalue weighted by Crippen LogP contribution is -2.18. The van der Waals surface area contributed by atoms with Crippen molar-refractivity contribution < 1.29 is 21.6 Å². The van der Waals surface area contributed by atoms with E-state index in [0.29, 0.717) is 11.9 Å². The second-order valence-corrected chi connectivity index (χ2v) is 9.08. The summed E-state index contributed by atoms with van der Waals surface area (Å²) in [6.07, 6.45) is 0.0130. The molecular weight excluding hydrogens is 447 g/mol. The first-order valence-corrected chi connectivity index (χ1v) is 11.2. The normalized spacial score (nSPS) is 16.9. The van der Waals surface area contributed by atoms with Crippen LogP contribution in [0.1, 0.15) is 23.5 Å². The molecule has 3 aromatic rings. The molecule has 1 saturated heterocycles. The van der Waals surface area contributed by atoms with Gasteiger partial charge in [-0.15, -0.1) is 0 Å². The number of rotatable bonds is 6. The van der Waals surface area contributed by atoms with Gasteiger partial charge in [-0.3, -0.25) is 0 Å². The lowest BCUT2D eigenvalue weighted by molar-refractivity contribution is -0.138. The van der Waals surface area contributed by atoms with Gasteiger partial charge in [0.25, 0.3) is 0 Å². The van der Waals surface area contributed by atoms with E-state index in [1.807, 2.05) is 0 Å². The van der Waals surface area contributed by atoms with Crippen molar-refractivity contribution in [2.24, 2.45) is 0 Å².